The van der Waals surface area contributed by atoms with E-state index in [1.165, 1.54) is 16.0 Å². The Morgan fingerprint density at radius 2 is 1.67 bits per heavy atom. The first kappa shape index (κ1) is 22.8. The lowest BCUT2D eigenvalue weighted by molar-refractivity contribution is -0.151. The molecule has 0 bridgehead atoms. The number of carboxylic acids is 1. The number of amides is 2. The maximum Gasteiger partial charge on any atom is 0.407 e. The van der Waals surface area contributed by atoms with E-state index in [1.54, 1.807) is 7.05 Å². The zero-order chi connectivity index (χ0) is 23.6. The number of aliphatic carboxylic acids is 1. The van der Waals surface area contributed by atoms with Gasteiger partial charge in [0, 0.05) is 25.4 Å². The molecule has 174 valence electrons. The van der Waals surface area contributed by atoms with E-state index in [2.05, 4.69) is 29.6 Å². The highest BCUT2D eigenvalue weighted by Crippen LogP contribution is 2.44. The molecule has 0 heterocycles. The predicted molar refractivity (Wildman–Crippen MR) is 124 cm³/mol. The fourth-order valence-corrected chi connectivity index (χ4v) is 4.70. The molecule has 0 aromatic heterocycles. The summed E-state index contributed by atoms with van der Waals surface area (Å²) in [5.41, 5.74) is 3.61. The van der Waals surface area contributed by atoms with Crippen molar-refractivity contribution in [3.63, 3.8) is 0 Å². The summed E-state index contributed by atoms with van der Waals surface area (Å²) >= 11 is 0. The van der Waals surface area contributed by atoms with E-state index in [0.29, 0.717) is 25.7 Å². The van der Waals surface area contributed by atoms with Crippen LogP contribution < -0.4 is 5.32 Å². The molecular formula is C26H30N2O5. The third kappa shape index (κ3) is 4.45. The van der Waals surface area contributed by atoms with Crippen molar-refractivity contribution in [2.24, 2.45) is 0 Å². The topological polar surface area (TPSA) is 95.9 Å². The minimum Gasteiger partial charge on any atom is -0.479 e. The Morgan fingerprint density at radius 3 is 2.18 bits per heavy atom. The van der Waals surface area contributed by atoms with Crippen molar-refractivity contribution >= 4 is 18.0 Å². The normalized spacial score (nSPS) is 16.3. The number of likely N-dealkylation sites (N-methyl/N-ethyl adjacent to an activating group) is 1. The van der Waals surface area contributed by atoms with Gasteiger partial charge in [0.15, 0.2) is 0 Å². The second kappa shape index (κ2) is 9.25. The van der Waals surface area contributed by atoms with Gasteiger partial charge in [-0.15, -0.1) is 0 Å². The van der Waals surface area contributed by atoms with Crippen molar-refractivity contribution in [1.82, 2.24) is 10.2 Å². The molecule has 1 fully saturated rings. The Hall–Kier alpha value is -3.35. The van der Waals surface area contributed by atoms with Gasteiger partial charge in [0.25, 0.3) is 0 Å². The van der Waals surface area contributed by atoms with Gasteiger partial charge in [-0.2, -0.15) is 0 Å². The summed E-state index contributed by atoms with van der Waals surface area (Å²) in [7, 11) is 1.55. The monoisotopic (exact) mass is 450 g/mol. The molecule has 2 N–H and O–H groups in total. The van der Waals surface area contributed by atoms with Gasteiger partial charge in [-0.05, 0) is 47.9 Å². The third-order valence-corrected chi connectivity index (χ3v) is 7.00. The predicted octanol–water partition coefficient (Wildman–Crippen LogP) is 4.16. The standard InChI is InChI=1S/C26H30N2O5/c1-3-17(12-13-23(29)28(2)26(14-15-26)24(30)31)27-25(32)33-16-22-20-10-6-4-8-18(20)19-9-5-7-11-21(19)22/h4-11,17,22H,3,12-16H2,1-2H3,(H,27,32)(H,30,31). The molecule has 4 rings (SSSR count). The minimum atomic E-state index is -1.04. The summed E-state index contributed by atoms with van der Waals surface area (Å²) in [6.45, 7) is 2.17. The molecule has 2 aromatic rings. The van der Waals surface area contributed by atoms with E-state index in [-0.39, 0.29) is 30.9 Å². The lowest BCUT2D eigenvalue weighted by Gasteiger charge is -2.25. The van der Waals surface area contributed by atoms with E-state index >= 15 is 0 Å². The Kier molecular flexibility index (Phi) is 6.40. The smallest absolute Gasteiger partial charge is 0.407 e. The molecule has 0 radical (unpaired) electrons. The number of carbonyl (C=O) groups is 3. The van der Waals surface area contributed by atoms with E-state index < -0.39 is 17.6 Å². The van der Waals surface area contributed by atoms with Crippen LogP contribution in [0.1, 0.15) is 56.1 Å². The third-order valence-electron chi connectivity index (χ3n) is 7.00. The van der Waals surface area contributed by atoms with Crippen LogP contribution in [0, 0.1) is 0 Å². The first-order chi connectivity index (χ1) is 15.9. The summed E-state index contributed by atoms with van der Waals surface area (Å²) in [6.07, 6.45) is 1.71. The van der Waals surface area contributed by atoms with Crippen LogP contribution in [0.2, 0.25) is 0 Å². The zero-order valence-corrected chi connectivity index (χ0v) is 19.0. The Morgan fingerprint density at radius 1 is 1.09 bits per heavy atom. The maximum atomic E-state index is 12.5. The zero-order valence-electron chi connectivity index (χ0n) is 19.0. The summed E-state index contributed by atoms with van der Waals surface area (Å²) in [5.74, 6) is -1.19. The van der Waals surface area contributed by atoms with E-state index in [1.807, 2.05) is 31.2 Å². The van der Waals surface area contributed by atoms with E-state index in [4.69, 9.17) is 4.74 Å². The highest BCUT2D eigenvalue weighted by atomic mass is 16.5. The number of carbonyl (C=O) groups excluding carboxylic acids is 2. The van der Waals surface area contributed by atoms with Crippen LogP contribution in [-0.2, 0) is 14.3 Å². The van der Waals surface area contributed by atoms with Crippen LogP contribution in [0.25, 0.3) is 11.1 Å². The summed E-state index contributed by atoms with van der Waals surface area (Å²) in [4.78, 5) is 37.8. The van der Waals surface area contributed by atoms with E-state index in [0.717, 1.165) is 11.1 Å². The molecule has 7 heteroatoms. The first-order valence-corrected chi connectivity index (χ1v) is 11.5. The molecule has 2 aliphatic rings. The molecular weight excluding hydrogens is 420 g/mol. The molecule has 0 saturated heterocycles. The number of nitrogens with zero attached hydrogens (tertiary/aromatic N) is 1. The van der Waals surface area contributed by atoms with Gasteiger partial charge in [0.1, 0.15) is 12.1 Å². The Balaban J connectivity index is 1.30. The Labute approximate surface area is 193 Å². The van der Waals surface area contributed by atoms with Crippen LogP contribution in [0.4, 0.5) is 4.79 Å². The second-order valence-corrected chi connectivity index (χ2v) is 8.90. The van der Waals surface area contributed by atoms with Crippen LogP contribution >= 0.6 is 0 Å². The van der Waals surface area contributed by atoms with Gasteiger partial charge in [-0.25, -0.2) is 9.59 Å². The van der Waals surface area contributed by atoms with Crippen LogP contribution in [-0.4, -0.2) is 53.2 Å². The molecule has 0 spiro atoms. The number of nitrogens with one attached hydrogen (secondary N) is 1. The summed E-state index contributed by atoms with van der Waals surface area (Å²) in [5, 5.41) is 12.2. The van der Waals surface area contributed by atoms with Crippen LogP contribution in [0.3, 0.4) is 0 Å². The number of benzene rings is 2. The summed E-state index contributed by atoms with van der Waals surface area (Å²) in [6, 6.07) is 16.1. The summed E-state index contributed by atoms with van der Waals surface area (Å²) < 4.78 is 5.60. The lowest BCUT2D eigenvalue weighted by atomic mass is 9.98. The van der Waals surface area contributed by atoms with Crippen LogP contribution in [0.15, 0.2) is 48.5 Å². The fraction of sp³-hybridized carbons (Fsp3) is 0.423. The Bertz CT molecular complexity index is 1020. The van der Waals surface area contributed by atoms with Crippen molar-refractivity contribution in [1.29, 1.82) is 0 Å². The van der Waals surface area contributed by atoms with Gasteiger partial charge in [-0.1, -0.05) is 55.5 Å². The number of hydrogen-bond donors (Lipinski definition) is 2. The number of rotatable bonds is 9. The molecule has 2 aromatic carbocycles. The average molecular weight is 451 g/mol. The molecule has 7 nitrogen and oxygen atoms in total. The lowest BCUT2D eigenvalue weighted by Crippen LogP contribution is -2.45. The van der Waals surface area contributed by atoms with Crippen molar-refractivity contribution in [3.8, 4) is 11.1 Å². The highest BCUT2D eigenvalue weighted by Gasteiger charge is 2.55. The largest absolute Gasteiger partial charge is 0.479 e. The van der Waals surface area contributed by atoms with E-state index in [9.17, 15) is 19.5 Å². The van der Waals surface area contributed by atoms with Crippen molar-refractivity contribution in [3.05, 3.63) is 59.7 Å². The van der Waals surface area contributed by atoms with Crippen LogP contribution in [0.5, 0.6) is 0 Å². The number of ether oxygens (including phenoxy) is 1. The molecule has 1 saturated carbocycles. The second-order valence-electron chi connectivity index (χ2n) is 8.90. The van der Waals surface area contributed by atoms with Crippen molar-refractivity contribution in [2.45, 2.75) is 56.5 Å². The highest BCUT2D eigenvalue weighted by molar-refractivity contribution is 5.89. The molecule has 2 amide bonds. The maximum absolute atomic E-state index is 12.5. The fourth-order valence-electron chi connectivity index (χ4n) is 4.70. The molecule has 1 unspecified atom stereocenters. The molecule has 1 atom stereocenters. The SMILES string of the molecule is CCC(CCC(=O)N(C)C1(C(=O)O)CC1)NC(=O)OCC1c2ccccc2-c2ccccc21. The average Bonchev–Trinajstić information content (AvgIpc) is 3.58. The first-order valence-electron chi connectivity index (χ1n) is 11.5. The molecule has 0 aliphatic heterocycles. The number of carboxylic acid groups (broad SMARTS) is 1. The van der Waals surface area contributed by atoms with Crippen molar-refractivity contribution < 1.29 is 24.2 Å². The number of fused-ring (bicyclic) bond motifs is 3. The van der Waals surface area contributed by atoms with Gasteiger partial charge >= 0.3 is 12.1 Å². The van der Waals surface area contributed by atoms with Gasteiger partial charge < -0.3 is 20.1 Å². The minimum absolute atomic E-state index is 0.01000. The molecule has 33 heavy (non-hydrogen) atoms. The van der Waals surface area contributed by atoms with Gasteiger partial charge in [0.05, 0.1) is 0 Å². The van der Waals surface area contributed by atoms with Gasteiger partial charge in [0.2, 0.25) is 5.91 Å². The van der Waals surface area contributed by atoms with Crippen molar-refractivity contribution in [2.75, 3.05) is 13.7 Å². The molecule has 2 aliphatic carbocycles. The quantitative estimate of drug-likeness (QED) is 0.598. The number of alkyl carbamates (subject to hydrolysis) is 1. The van der Waals surface area contributed by atoms with Gasteiger partial charge in [-0.3, -0.25) is 4.79 Å². The number of hydrogen-bond acceptors (Lipinski definition) is 4.